The zero-order valence-electron chi connectivity index (χ0n) is 8.79. The average Bonchev–Trinajstić information content (AvgIpc) is 2.87. The van der Waals surface area contributed by atoms with E-state index in [2.05, 4.69) is 0 Å². The summed E-state index contributed by atoms with van der Waals surface area (Å²) in [5.74, 6) is 1.13. The molecular weight excluding hydrogens is 249 g/mol. The van der Waals surface area contributed by atoms with Crippen LogP contribution in [0.1, 0.15) is 23.2 Å². The lowest BCUT2D eigenvalue weighted by Crippen LogP contribution is -2.28. The Balaban J connectivity index is 2.00. The third-order valence-corrected chi connectivity index (χ3v) is 3.45. The van der Waals surface area contributed by atoms with Crippen molar-refractivity contribution >= 4 is 29.1 Å². The van der Waals surface area contributed by atoms with Gasteiger partial charge in [-0.2, -0.15) is 0 Å². The Morgan fingerprint density at radius 3 is 3.06 bits per heavy atom. The maximum Gasteiger partial charge on any atom is 0.258 e. The Kier molecular flexibility index (Phi) is 3.77. The summed E-state index contributed by atoms with van der Waals surface area (Å²) in [7, 11) is 0. The summed E-state index contributed by atoms with van der Waals surface area (Å²) in [6, 6.07) is 1.61. The first-order valence-corrected chi connectivity index (χ1v) is 6.22. The molecule has 0 saturated carbocycles. The van der Waals surface area contributed by atoms with Crippen molar-refractivity contribution in [2.45, 2.75) is 12.8 Å². The lowest BCUT2D eigenvalue weighted by molar-refractivity contribution is 0.0786. The molecule has 0 radical (unpaired) electrons. The molecule has 1 aromatic heterocycles. The summed E-state index contributed by atoms with van der Waals surface area (Å²) in [5.41, 5.74) is 0.452. The van der Waals surface area contributed by atoms with Gasteiger partial charge in [-0.05, 0) is 36.4 Å². The van der Waals surface area contributed by atoms with E-state index in [1.807, 2.05) is 4.90 Å². The van der Waals surface area contributed by atoms with Gasteiger partial charge in [0, 0.05) is 19.0 Å². The van der Waals surface area contributed by atoms with Gasteiger partial charge >= 0.3 is 0 Å². The third kappa shape index (κ3) is 2.36. The fraction of sp³-hybridized carbons (Fsp3) is 0.545. The van der Waals surface area contributed by atoms with Gasteiger partial charge in [0.15, 0.2) is 0 Å². The molecule has 1 saturated heterocycles. The predicted octanol–water partition coefficient (Wildman–Crippen LogP) is 3.02. The lowest BCUT2D eigenvalue weighted by Gasteiger charge is -2.15. The molecule has 2 rings (SSSR count). The number of carbonyl (C=O) groups excluding carboxylic acids is 1. The molecule has 2 heterocycles. The highest BCUT2D eigenvalue weighted by atomic mass is 35.5. The molecule has 1 unspecified atom stereocenters. The van der Waals surface area contributed by atoms with Gasteiger partial charge in [-0.1, -0.05) is 0 Å². The largest absolute Gasteiger partial charge is 0.452 e. The molecule has 88 valence electrons. The minimum absolute atomic E-state index is 0.0455. The second kappa shape index (κ2) is 5.11. The first kappa shape index (κ1) is 11.8. The van der Waals surface area contributed by atoms with E-state index >= 15 is 0 Å². The molecular formula is C11H13Cl2NO2. The van der Waals surface area contributed by atoms with E-state index in [4.69, 9.17) is 27.6 Å². The van der Waals surface area contributed by atoms with Crippen LogP contribution in [0.4, 0.5) is 0 Å². The second-order valence-electron chi connectivity index (χ2n) is 3.99. The molecule has 1 amide bonds. The number of furan rings is 1. The molecule has 0 aromatic carbocycles. The van der Waals surface area contributed by atoms with E-state index in [1.165, 1.54) is 6.26 Å². The zero-order valence-corrected chi connectivity index (χ0v) is 10.3. The van der Waals surface area contributed by atoms with Crippen LogP contribution in [0.5, 0.6) is 0 Å². The van der Waals surface area contributed by atoms with E-state index in [1.54, 1.807) is 6.07 Å². The fourth-order valence-electron chi connectivity index (χ4n) is 2.02. The van der Waals surface area contributed by atoms with E-state index in [9.17, 15) is 4.79 Å². The number of amides is 1. The number of alkyl halides is 1. The molecule has 0 spiro atoms. The number of likely N-dealkylation sites (tertiary alicyclic amines) is 1. The topological polar surface area (TPSA) is 33.5 Å². The number of rotatable bonds is 3. The highest BCUT2D eigenvalue weighted by molar-refractivity contribution is 6.32. The number of carbonyl (C=O) groups is 1. The van der Waals surface area contributed by atoms with E-state index in [0.29, 0.717) is 17.4 Å². The van der Waals surface area contributed by atoms with E-state index in [-0.39, 0.29) is 11.1 Å². The SMILES string of the molecule is O=C(c1ccoc1Cl)N1CCC(CCCl)C1. The van der Waals surface area contributed by atoms with Gasteiger partial charge in [0.2, 0.25) is 5.22 Å². The summed E-state index contributed by atoms with van der Waals surface area (Å²) < 4.78 is 4.92. The maximum absolute atomic E-state index is 12.0. The number of halogens is 2. The molecule has 16 heavy (non-hydrogen) atoms. The van der Waals surface area contributed by atoms with Crippen molar-refractivity contribution in [3.05, 3.63) is 23.1 Å². The van der Waals surface area contributed by atoms with Crippen LogP contribution >= 0.6 is 23.2 Å². The van der Waals surface area contributed by atoms with Crippen LogP contribution in [0.2, 0.25) is 5.22 Å². The summed E-state index contributed by atoms with van der Waals surface area (Å²) >= 11 is 11.5. The van der Waals surface area contributed by atoms with Crippen LogP contribution in [-0.4, -0.2) is 29.8 Å². The van der Waals surface area contributed by atoms with Crippen molar-refractivity contribution < 1.29 is 9.21 Å². The highest BCUT2D eigenvalue weighted by Crippen LogP contribution is 2.24. The second-order valence-corrected chi connectivity index (χ2v) is 4.71. The Hall–Kier alpha value is -0.670. The number of hydrogen-bond acceptors (Lipinski definition) is 2. The molecule has 1 aliphatic heterocycles. The summed E-state index contributed by atoms with van der Waals surface area (Å²) in [5, 5.41) is 0.172. The van der Waals surface area contributed by atoms with Crippen LogP contribution < -0.4 is 0 Å². The molecule has 5 heteroatoms. The standard InChI is InChI=1S/C11H13Cl2NO2/c12-4-1-8-2-5-14(7-8)11(15)9-3-6-16-10(9)13/h3,6,8H,1-2,4-5,7H2. The molecule has 3 nitrogen and oxygen atoms in total. The van der Waals surface area contributed by atoms with Gasteiger partial charge in [-0.25, -0.2) is 0 Å². The smallest absolute Gasteiger partial charge is 0.258 e. The molecule has 0 bridgehead atoms. The van der Waals surface area contributed by atoms with Gasteiger partial charge in [0.1, 0.15) is 0 Å². The Bertz CT molecular complexity index is 378. The van der Waals surface area contributed by atoms with E-state index < -0.39 is 0 Å². The maximum atomic E-state index is 12.0. The normalized spacial score (nSPS) is 20.4. The van der Waals surface area contributed by atoms with Crippen molar-refractivity contribution in [3.8, 4) is 0 Å². The van der Waals surface area contributed by atoms with Gasteiger partial charge in [-0.3, -0.25) is 4.79 Å². The van der Waals surface area contributed by atoms with Crippen molar-refractivity contribution in [2.75, 3.05) is 19.0 Å². The molecule has 1 aliphatic rings. The third-order valence-electron chi connectivity index (χ3n) is 2.94. The van der Waals surface area contributed by atoms with Gasteiger partial charge in [0.05, 0.1) is 11.8 Å². The first-order chi connectivity index (χ1) is 7.72. The van der Waals surface area contributed by atoms with Crippen molar-refractivity contribution in [1.82, 2.24) is 4.90 Å². The number of nitrogens with zero attached hydrogens (tertiary/aromatic N) is 1. The van der Waals surface area contributed by atoms with Crippen molar-refractivity contribution in [2.24, 2.45) is 5.92 Å². The average molecular weight is 262 g/mol. The molecule has 0 aliphatic carbocycles. The van der Waals surface area contributed by atoms with Crippen molar-refractivity contribution in [3.63, 3.8) is 0 Å². The minimum Gasteiger partial charge on any atom is -0.452 e. The summed E-state index contributed by atoms with van der Waals surface area (Å²) in [4.78, 5) is 13.8. The van der Waals surface area contributed by atoms with Crippen LogP contribution in [-0.2, 0) is 0 Å². The molecule has 0 N–H and O–H groups in total. The minimum atomic E-state index is -0.0455. The summed E-state index contributed by atoms with van der Waals surface area (Å²) in [6.45, 7) is 1.55. The van der Waals surface area contributed by atoms with Crippen LogP contribution in [0.3, 0.4) is 0 Å². The van der Waals surface area contributed by atoms with E-state index in [0.717, 1.165) is 25.9 Å². The quantitative estimate of drug-likeness (QED) is 0.784. The van der Waals surface area contributed by atoms with Crippen LogP contribution in [0, 0.1) is 5.92 Å². The van der Waals surface area contributed by atoms with Crippen molar-refractivity contribution in [1.29, 1.82) is 0 Å². The number of hydrogen-bond donors (Lipinski definition) is 0. The Morgan fingerprint density at radius 2 is 2.44 bits per heavy atom. The summed E-state index contributed by atoms with van der Waals surface area (Å²) in [6.07, 6.45) is 3.42. The Labute approximate surface area is 104 Å². The monoisotopic (exact) mass is 261 g/mol. The van der Waals surface area contributed by atoms with Gasteiger partial charge < -0.3 is 9.32 Å². The molecule has 1 atom stereocenters. The molecule has 1 aromatic rings. The highest BCUT2D eigenvalue weighted by Gasteiger charge is 2.28. The van der Waals surface area contributed by atoms with Crippen LogP contribution in [0.25, 0.3) is 0 Å². The Morgan fingerprint density at radius 1 is 1.62 bits per heavy atom. The van der Waals surface area contributed by atoms with Gasteiger partial charge in [-0.15, -0.1) is 11.6 Å². The predicted molar refractivity (Wildman–Crippen MR) is 63.1 cm³/mol. The zero-order chi connectivity index (χ0) is 11.5. The fourth-order valence-corrected chi connectivity index (χ4v) is 2.53. The van der Waals surface area contributed by atoms with Crippen LogP contribution in [0.15, 0.2) is 16.7 Å². The molecule has 1 fully saturated rings. The van der Waals surface area contributed by atoms with Gasteiger partial charge in [0.25, 0.3) is 5.91 Å². The lowest BCUT2D eigenvalue weighted by atomic mass is 10.1. The first-order valence-electron chi connectivity index (χ1n) is 5.30.